The molecule has 164 valence electrons. The van der Waals surface area contributed by atoms with E-state index >= 15 is 0 Å². The summed E-state index contributed by atoms with van der Waals surface area (Å²) in [7, 11) is 0. The average Bonchev–Trinajstić information content (AvgIpc) is 3.04. The van der Waals surface area contributed by atoms with Gasteiger partial charge in [-0.1, -0.05) is 22.8 Å². The molecule has 2 aromatic rings. The maximum absolute atomic E-state index is 14.7. The van der Waals surface area contributed by atoms with Gasteiger partial charge in [0.2, 0.25) is 11.6 Å². The molecule has 1 fully saturated rings. The van der Waals surface area contributed by atoms with Crippen molar-refractivity contribution in [3.8, 4) is 0 Å². The van der Waals surface area contributed by atoms with E-state index in [0.29, 0.717) is 5.02 Å². The lowest BCUT2D eigenvalue weighted by atomic mass is 10.1. The number of rotatable bonds is 7. The summed E-state index contributed by atoms with van der Waals surface area (Å²) in [6.45, 7) is 1.02. The number of likely N-dealkylation sites (tertiary alicyclic amines) is 1. The van der Waals surface area contributed by atoms with Gasteiger partial charge in [0.05, 0.1) is 17.4 Å². The van der Waals surface area contributed by atoms with Crippen LogP contribution >= 0.6 is 11.6 Å². The molecule has 1 aromatic heterocycles. The van der Waals surface area contributed by atoms with E-state index in [4.69, 9.17) is 17.0 Å². The van der Waals surface area contributed by atoms with Crippen molar-refractivity contribution in [2.75, 3.05) is 18.4 Å². The van der Waals surface area contributed by atoms with Gasteiger partial charge in [-0.2, -0.15) is 9.82 Å². The van der Waals surface area contributed by atoms with Crippen LogP contribution < -0.4 is 10.7 Å². The maximum atomic E-state index is 14.7. The summed E-state index contributed by atoms with van der Waals surface area (Å²) < 4.78 is 43.8. The lowest BCUT2D eigenvalue weighted by Crippen LogP contribution is -2.72. The monoisotopic (exact) mass is 454 g/mol. The first-order valence-electron chi connectivity index (χ1n) is 9.29. The van der Waals surface area contributed by atoms with Crippen molar-refractivity contribution >= 4 is 41.6 Å². The van der Waals surface area contributed by atoms with Gasteiger partial charge in [-0.25, -0.2) is 18.7 Å². The van der Waals surface area contributed by atoms with Gasteiger partial charge in [0.1, 0.15) is 17.8 Å². The largest absolute Gasteiger partial charge is 0.352 e. The van der Waals surface area contributed by atoms with Gasteiger partial charge in [0.15, 0.2) is 5.82 Å². The van der Waals surface area contributed by atoms with Crippen LogP contribution in [0.2, 0.25) is 5.02 Å². The number of halogens is 4. The van der Waals surface area contributed by atoms with Gasteiger partial charge in [0.25, 0.3) is 11.8 Å². The number of benzene rings is 1. The van der Waals surface area contributed by atoms with E-state index in [2.05, 4.69) is 20.4 Å². The molecular weight excluding hydrogens is 435 g/mol. The number of nitrogens with two attached hydrogens (primary N) is 1. The molecule has 4 N–H and O–H groups in total. The van der Waals surface area contributed by atoms with Crippen molar-refractivity contribution in [3.05, 3.63) is 46.5 Å². The van der Waals surface area contributed by atoms with Crippen LogP contribution in [0.3, 0.4) is 0 Å². The molecule has 1 aliphatic rings. The van der Waals surface area contributed by atoms with E-state index in [1.165, 1.54) is 31.5 Å². The molecule has 3 rings (SSSR count). The average molecular weight is 455 g/mol. The molecule has 0 aliphatic carbocycles. The number of alkyl halides is 2. The van der Waals surface area contributed by atoms with E-state index in [-0.39, 0.29) is 35.9 Å². The molecule has 0 spiro atoms. The van der Waals surface area contributed by atoms with Crippen LogP contribution in [-0.4, -0.2) is 58.3 Å². The Morgan fingerprint density at radius 1 is 1.45 bits per heavy atom. The highest BCUT2D eigenvalue weighted by atomic mass is 35.5. The highest BCUT2D eigenvalue weighted by molar-refractivity contribution is 6.30. The Labute approximate surface area is 181 Å². The van der Waals surface area contributed by atoms with Crippen LogP contribution in [0, 0.1) is 18.2 Å². The summed E-state index contributed by atoms with van der Waals surface area (Å²) in [5, 5.41) is 13.7. The quantitative estimate of drug-likeness (QED) is 0.258. The predicted octanol–water partition coefficient (Wildman–Crippen LogP) is 2.37. The van der Waals surface area contributed by atoms with Crippen molar-refractivity contribution in [2.45, 2.75) is 25.3 Å². The highest BCUT2D eigenvalue weighted by Gasteiger charge is 2.51. The van der Waals surface area contributed by atoms with Gasteiger partial charge < -0.3 is 15.6 Å². The number of aromatic nitrogens is 2. The van der Waals surface area contributed by atoms with E-state index in [9.17, 15) is 18.0 Å². The molecule has 31 heavy (non-hydrogen) atoms. The zero-order valence-electron chi connectivity index (χ0n) is 16.4. The Bertz CT molecular complexity index is 1000. The summed E-state index contributed by atoms with van der Waals surface area (Å²) >= 11 is 5.72. The molecule has 1 unspecified atom stereocenters. The number of amides is 1. The van der Waals surface area contributed by atoms with Gasteiger partial charge in [0, 0.05) is 25.7 Å². The molecule has 1 aromatic carbocycles. The van der Waals surface area contributed by atoms with E-state index in [1.54, 1.807) is 0 Å². The standard InChI is InChI=1S/C19H19ClF3N7O/c1-11-2-3-13(16(15(11)21)29-28-6-5-24)17(31)30-7-4-19(22,23)14(30)10-27-18-25-8-12(20)9-26-18/h2-3,5-6,8-9,14,24,29H,4,7,10H2,1H3,(H,25,26,27)/p+1/b24-5?,28-6-. The molecule has 1 amide bonds. The lowest BCUT2D eigenvalue weighted by molar-refractivity contribution is -0.578. The van der Waals surface area contributed by atoms with Crippen LogP contribution in [0.1, 0.15) is 22.3 Å². The Morgan fingerprint density at radius 3 is 2.84 bits per heavy atom. The minimum Gasteiger partial charge on any atom is -0.352 e. The first kappa shape index (κ1) is 22.6. The van der Waals surface area contributed by atoms with Crippen LogP contribution in [0.5, 0.6) is 0 Å². The third kappa shape index (κ3) is 5.00. The molecule has 1 aliphatic heterocycles. The molecule has 12 heteroatoms. The van der Waals surface area contributed by atoms with E-state index in [0.717, 1.165) is 22.8 Å². The maximum Gasteiger partial charge on any atom is 0.271 e. The van der Waals surface area contributed by atoms with Gasteiger partial charge >= 0.3 is 0 Å². The van der Waals surface area contributed by atoms with Gasteiger partial charge in [-0.3, -0.25) is 4.79 Å². The second kappa shape index (κ2) is 9.40. The number of aryl methyl sites for hydroxylation is 1. The lowest BCUT2D eigenvalue weighted by Gasteiger charge is -2.28. The first-order chi connectivity index (χ1) is 14.7. The summed E-state index contributed by atoms with van der Waals surface area (Å²) in [6, 6.07) is 1.31. The zero-order chi connectivity index (χ0) is 22.6. The zero-order valence-corrected chi connectivity index (χ0v) is 17.2. The number of quaternary nitrogens is 1. The van der Waals surface area contributed by atoms with E-state index in [1.807, 2.05) is 0 Å². The Balaban J connectivity index is 1.87. The number of hydrogen-bond acceptors (Lipinski definition) is 6. The van der Waals surface area contributed by atoms with Crippen LogP contribution in [0.4, 0.5) is 24.8 Å². The molecule has 0 saturated carbocycles. The summed E-state index contributed by atoms with van der Waals surface area (Å²) in [5.41, 5.74) is 1.17. The highest BCUT2D eigenvalue weighted by Crippen LogP contribution is 2.35. The molecule has 2 heterocycles. The third-order valence-corrected chi connectivity index (χ3v) is 5.05. The summed E-state index contributed by atoms with van der Waals surface area (Å²) in [6.07, 6.45) is 4.12. The number of anilines is 1. The fourth-order valence-corrected chi connectivity index (χ4v) is 3.34. The summed E-state index contributed by atoms with van der Waals surface area (Å²) in [5.74, 6) is -4.48. The smallest absolute Gasteiger partial charge is 0.271 e. The second-order valence-corrected chi connectivity index (χ2v) is 7.32. The first-order valence-corrected chi connectivity index (χ1v) is 9.67. The number of nitrogens with zero attached hydrogens (tertiary/aromatic N) is 4. The van der Waals surface area contributed by atoms with Crippen molar-refractivity contribution in [3.63, 3.8) is 0 Å². The minimum absolute atomic E-state index is 0.0873. The van der Waals surface area contributed by atoms with Crippen LogP contribution in [-0.2, 0) is 0 Å². The van der Waals surface area contributed by atoms with Crippen molar-refractivity contribution in [2.24, 2.45) is 5.10 Å². The number of carbonyl (C=O) groups excluding carboxylic acids is 1. The molecule has 1 saturated heterocycles. The second-order valence-electron chi connectivity index (χ2n) is 6.88. The Hall–Kier alpha value is -3.05. The van der Waals surface area contributed by atoms with Crippen LogP contribution in [0.15, 0.2) is 29.6 Å². The van der Waals surface area contributed by atoms with Gasteiger partial charge in [-0.05, 0) is 18.6 Å². The number of nitrogens with one attached hydrogen (secondary N) is 2. The summed E-state index contributed by atoms with van der Waals surface area (Å²) in [4.78, 5) is 22.0. The predicted molar refractivity (Wildman–Crippen MR) is 110 cm³/mol. The minimum atomic E-state index is -3.15. The van der Waals surface area contributed by atoms with Crippen molar-refractivity contribution in [1.29, 1.82) is 5.41 Å². The topological polar surface area (TPSA) is 111 Å². The molecule has 1 atom stereocenters. The van der Waals surface area contributed by atoms with E-state index < -0.39 is 30.1 Å². The SMILES string of the molecule is Cc1ccc(C(=O)N2CCC(F)(F)C2CNc2ncc(Cl)cn2)c([NH2+]/N=C\C=N)c1F. The fraction of sp³-hybridized carbons (Fsp3) is 0.316. The Morgan fingerprint density at radius 2 is 2.16 bits per heavy atom. The van der Waals surface area contributed by atoms with Crippen LogP contribution in [0.25, 0.3) is 0 Å². The molecule has 0 radical (unpaired) electrons. The third-order valence-electron chi connectivity index (χ3n) is 4.85. The normalized spacial score (nSPS) is 17.8. The number of carbonyl (C=O) groups is 1. The molecular formula is C19H20ClF3N7O+. The van der Waals surface area contributed by atoms with Gasteiger partial charge in [-0.15, -0.1) is 0 Å². The molecule has 0 bridgehead atoms. The number of hydrogen-bond donors (Lipinski definition) is 3. The Kier molecular flexibility index (Phi) is 6.86. The van der Waals surface area contributed by atoms with Crippen molar-refractivity contribution < 1.29 is 23.4 Å². The van der Waals surface area contributed by atoms with Crippen molar-refractivity contribution in [1.82, 2.24) is 14.9 Å². The molecule has 8 nitrogen and oxygen atoms in total. The fourth-order valence-electron chi connectivity index (χ4n) is 3.24.